The van der Waals surface area contributed by atoms with Crippen LogP contribution in [-0.2, 0) is 27.2 Å². The fourth-order valence-corrected chi connectivity index (χ4v) is 4.57. The van der Waals surface area contributed by atoms with Gasteiger partial charge in [0.2, 0.25) is 5.95 Å². The first kappa shape index (κ1) is 24.8. The number of nitrogens with zero attached hydrogens (tertiary/aromatic N) is 8. The molecule has 0 aliphatic carbocycles. The lowest BCUT2D eigenvalue weighted by Crippen LogP contribution is -2.43. The summed E-state index contributed by atoms with van der Waals surface area (Å²) in [7, 11) is 6.01. The van der Waals surface area contributed by atoms with Gasteiger partial charge in [0.1, 0.15) is 12.1 Å². The second-order valence-corrected chi connectivity index (χ2v) is 9.66. The van der Waals surface area contributed by atoms with E-state index in [1.54, 1.807) is 43.9 Å². The van der Waals surface area contributed by atoms with E-state index in [1.165, 1.54) is 21.6 Å². The minimum absolute atomic E-state index is 0.0456. The Kier molecular flexibility index (Phi) is 6.38. The smallest absolute Gasteiger partial charge is 0.324 e. The van der Waals surface area contributed by atoms with Crippen molar-refractivity contribution in [3.8, 4) is 0 Å². The summed E-state index contributed by atoms with van der Waals surface area (Å²) in [5.74, 6) is -0.183. The summed E-state index contributed by atoms with van der Waals surface area (Å²) in [6.45, 7) is 1.42. The molecule has 190 valence electrons. The summed E-state index contributed by atoms with van der Waals surface area (Å²) in [6.07, 6.45) is 3.28. The predicted molar refractivity (Wildman–Crippen MR) is 141 cm³/mol. The van der Waals surface area contributed by atoms with E-state index in [2.05, 4.69) is 34.7 Å². The van der Waals surface area contributed by atoms with Crippen LogP contribution in [0.5, 0.6) is 0 Å². The average molecular weight is 542 g/mol. The zero-order valence-electron chi connectivity index (χ0n) is 20.1. The number of anilines is 2. The van der Waals surface area contributed by atoms with E-state index < -0.39 is 17.2 Å². The number of aryl methyl sites for hydroxylation is 3. The van der Waals surface area contributed by atoms with Crippen molar-refractivity contribution < 1.29 is 4.39 Å². The number of benzene rings is 2. The van der Waals surface area contributed by atoms with Gasteiger partial charge >= 0.3 is 11.4 Å². The molecule has 1 unspecified atom stereocenters. The molecule has 5 rings (SSSR count). The van der Waals surface area contributed by atoms with E-state index >= 15 is 0 Å². The lowest BCUT2D eigenvalue weighted by atomic mass is 10.1. The van der Waals surface area contributed by atoms with E-state index in [-0.39, 0.29) is 24.9 Å². The average Bonchev–Trinajstić information content (AvgIpc) is 3.40. The second-order valence-electron chi connectivity index (χ2n) is 8.63. The van der Waals surface area contributed by atoms with Crippen LogP contribution in [0.2, 0.25) is 5.02 Å². The molecule has 0 spiro atoms. The molecule has 0 aliphatic rings. The van der Waals surface area contributed by atoms with Crippen molar-refractivity contribution in [2.45, 2.75) is 20.0 Å². The molecule has 0 aliphatic heterocycles. The highest BCUT2D eigenvalue weighted by atomic mass is 35.5. The monoisotopic (exact) mass is 541 g/mol. The summed E-state index contributed by atoms with van der Waals surface area (Å²) in [5.41, 5.74) is 0.641. The fraction of sp³-hybridized carbons (Fsp3) is 0.217. The number of hydrogen-bond acceptors (Lipinski definition) is 7. The molecule has 0 fully saturated rings. The molecule has 0 saturated carbocycles. The molecular formula is C23H22ClFN9O2P. The number of nitrogens with one attached hydrogen (secondary N) is 1. The van der Waals surface area contributed by atoms with Crippen molar-refractivity contribution in [3.63, 3.8) is 0 Å². The van der Waals surface area contributed by atoms with Crippen LogP contribution >= 0.6 is 20.8 Å². The highest BCUT2D eigenvalue weighted by Gasteiger charge is 2.18. The van der Waals surface area contributed by atoms with Crippen LogP contribution in [0.4, 0.5) is 16.0 Å². The van der Waals surface area contributed by atoms with Gasteiger partial charge in [-0.3, -0.25) is 13.9 Å². The van der Waals surface area contributed by atoms with Gasteiger partial charge in [0.05, 0.1) is 29.3 Å². The Morgan fingerprint density at radius 1 is 1.05 bits per heavy atom. The fourth-order valence-electron chi connectivity index (χ4n) is 3.94. The first-order valence-corrected chi connectivity index (χ1v) is 12.0. The minimum atomic E-state index is -0.795. The molecule has 0 radical (unpaired) electrons. The van der Waals surface area contributed by atoms with Gasteiger partial charge in [-0.05, 0) is 47.6 Å². The van der Waals surface area contributed by atoms with Gasteiger partial charge in [0.15, 0.2) is 5.82 Å². The molecule has 0 bridgehead atoms. The van der Waals surface area contributed by atoms with E-state index in [9.17, 15) is 14.0 Å². The van der Waals surface area contributed by atoms with Gasteiger partial charge in [0, 0.05) is 25.7 Å². The largest absolute Gasteiger partial charge is 0.355 e. The van der Waals surface area contributed by atoms with Crippen LogP contribution < -0.4 is 22.0 Å². The van der Waals surface area contributed by atoms with E-state index in [0.29, 0.717) is 32.7 Å². The number of hydrogen-bond donors (Lipinski definition) is 1. The molecule has 37 heavy (non-hydrogen) atoms. The minimum Gasteiger partial charge on any atom is -0.324 e. The molecule has 3 aromatic heterocycles. The van der Waals surface area contributed by atoms with Gasteiger partial charge in [-0.25, -0.2) is 23.5 Å². The molecule has 14 heteroatoms. The number of fused-ring (bicyclic) bond motifs is 1. The summed E-state index contributed by atoms with van der Waals surface area (Å²) in [5, 5.41) is 13.3. The van der Waals surface area contributed by atoms with Crippen molar-refractivity contribution in [2.75, 3.05) is 5.32 Å². The Labute approximate surface area is 216 Å². The maximum absolute atomic E-state index is 14.4. The van der Waals surface area contributed by atoms with E-state index in [1.807, 2.05) is 6.20 Å². The molecule has 11 nitrogen and oxygen atoms in total. The maximum Gasteiger partial charge on any atom is 0.355 e. The Balaban J connectivity index is 1.64. The molecule has 0 amide bonds. The van der Waals surface area contributed by atoms with Gasteiger partial charge in [-0.1, -0.05) is 11.6 Å². The van der Waals surface area contributed by atoms with Gasteiger partial charge in [0.25, 0.3) is 0 Å². The first-order chi connectivity index (χ1) is 17.6. The summed E-state index contributed by atoms with van der Waals surface area (Å²) >= 11 is 6.48. The normalized spacial score (nSPS) is 11.4. The van der Waals surface area contributed by atoms with Gasteiger partial charge in [-0.2, -0.15) is 15.2 Å². The molecule has 2 aromatic carbocycles. The number of aromatic nitrogens is 8. The third kappa shape index (κ3) is 4.90. The quantitative estimate of drug-likeness (QED) is 0.326. The van der Waals surface area contributed by atoms with Crippen LogP contribution in [0.3, 0.4) is 0 Å². The highest BCUT2D eigenvalue weighted by molar-refractivity contribution is 7.27. The predicted octanol–water partition coefficient (Wildman–Crippen LogP) is 1.86. The highest BCUT2D eigenvalue weighted by Crippen LogP contribution is 2.29. The molecule has 5 aromatic rings. The van der Waals surface area contributed by atoms with Crippen molar-refractivity contribution in [1.29, 1.82) is 0 Å². The molecular weight excluding hydrogens is 520 g/mol. The topological polar surface area (TPSA) is 117 Å². The van der Waals surface area contributed by atoms with E-state index in [0.717, 1.165) is 9.95 Å². The van der Waals surface area contributed by atoms with Crippen LogP contribution in [0.1, 0.15) is 17.0 Å². The maximum atomic E-state index is 14.4. The van der Waals surface area contributed by atoms with Crippen LogP contribution in [0.15, 0.2) is 46.4 Å². The van der Waals surface area contributed by atoms with E-state index in [4.69, 9.17) is 11.6 Å². The van der Waals surface area contributed by atoms with Gasteiger partial charge in [-0.15, -0.1) is 9.24 Å². The summed E-state index contributed by atoms with van der Waals surface area (Å²) in [4.78, 5) is 34.8. The summed E-state index contributed by atoms with van der Waals surface area (Å²) < 4.78 is 19.7. The Morgan fingerprint density at radius 2 is 1.84 bits per heavy atom. The second kappa shape index (κ2) is 9.53. The lowest BCUT2D eigenvalue weighted by Gasteiger charge is -2.17. The molecule has 1 atom stereocenters. The Hall–Kier alpha value is -3.89. The Bertz CT molecular complexity index is 1790. The number of rotatable bonds is 6. The van der Waals surface area contributed by atoms with Crippen molar-refractivity contribution in [2.24, 2.45) is 14.1 Å². The third-order valence-electron chi connectivity index (χ3n) is 5.80. The Morgan fingerprint density at radius 3 is 2.57 bits per heavy atom. The third-order valence-corrected chi connectivity index (χ3v) is 6.65. The van der Waals surface area contributed by atoms with Crippen LogP contribution in [0, 0.1) is 12.7 Å². The zero-order valence-corrected chi connectivity index (χ0v) is 22.0. The van der Waals surface area contributed by atoms with Crippen molar-refractivity contribution in [3.05, 3.63) is 85.5 Å². The standard InChI is InChI=1S/C23H22ClFN9O2P/c1-12-4-19(37)14(5-16(12)25)9-33-21(27-18-6-13-8-31(2)29-17(13)7-15(18)24)28-22(35)34(23(33)36)10-20-26-11-32(3)30-20/h4-8,11H,9-10,37H2,1-3H3,(H,27,28,35). The first-order valence-electron chi connectivity index (χ1n) is 11.1. The molecule has 3 heterocycles. The van der Waals surface area contributed by atoms with Crippen molar-refractivity contribution >= 4 is 48.7 Å². The zero-order chi connectivity index (χ0) is 26.4. The molecule has 1 N–H and O–H groups in total. The summed E-state index contributed by atoms with van der Waals surface area (Å²) in [6, 6.07) is 6.45. The van der Waals surface area contributed by atoms with Crippen molar-refractivity contribution in [1.82, 2.24) is 38.7 Å². The lowest BCUT2D eigenvalue weighted by molar-refractivity contribution is 0.571. The van der Waals surface area contributed by atoms with Gasteiger partial charge < -0.3 is 5.32 Å². The molecule has 0 saturated heterocycles. The van der Waals surface area contributed by atoms with Crippen LogP contribution in [-0.4, -0.2) is 38.7 Å². The SMILES string of the molecule is Cc1cc(P)c(Cn2c(Nc3cc4cn(C)nc4cc3Cl)nc(=O)n(Cc3ncn(C)n3)c2=O)cc1F. The van der Waals surface area contributed by atoms with Crippen LogP contribution in [0.25, 0.3) is 10.9 Å². The number of halogens is 2.